The smallest absolute Gasteiger partial charge is 0.333 e. The molecule has 2 aliphatic rings. The number of phenolic OH excluding ortho intramolecular Hbond substituents is 1. The fourth-order valence-electron chi connectivity index (χ4n) is 3.61. The Balaban J connectivity index is 2.02. The Bertz CT molecular complexity index is 1120. The van der Waals surface area contributed by atoms with Crippen molar-refractivity contribution < 1.29 is 38.9 Å². The lowest BCUT2D eigenvalue weighted by Gasteiger charge is -2.29. The maximum Gasteiger partial charge on any atom is 0.333 e. The Morgan fingerprint density at radius 2 is 1.71 bits per heavy atom. The van der Waals surface area contributed by atoms with Crippen LogP contribution in [-0.4, -0.2) is 46.4 Å². The molecule has 28 heavy (non-hydrogen) atoms. The van der Waals surface area contributed by atoms with Crippen molar-refractivity contribution in [3.63, 3.8) is 0 Å². The molecule has 4 rings (SSSR count). The number of esters is 1. The third kappa shape index (κ3) is 2.49. The predicted octanol–water partition coefficient (Wildman–Crippen LogP) is 2.02. The van der Waals surface area contributed by atoms with E-state index in [2.05, 4.69) is 0 Å². The van der Waals surface area contributed by atoms with Gasteiger partial charge in [-0.25, -0.2) is 4.79 Å². The molecule has 0 fully saturated rings. The van der Waals surface area contributed by atoms with Crippen molar-refractivity contribution in [2.75, 3.05) is 6.61 Å². The van der Waals surface area contributed by atoms with Crippen molar-refractivity contribution in [1.29, 1.82) is 0 Å². The van der Waals surface area contributed by atoms with Gasteiger partial charge in [0.2, 0.25) is 0 Å². The van der Waals surface area contributed by atoms with Gasteiger partial charge in [0.1, 0.15) is 5.75 Å². The van der Waals surface area contributed by atoms with Crippen LogP contribution in [0.1, 0.15) is 34.1 Å². The second-order valence-corrected chi connectivity index (χ2v) is 6.52. The fraction of sp³-hybridized carbons (Fsp3) is 0.200. The summed E-state index contributed by atoms with van der Waals surface area (Å²) in [5.41, 5.74) is -0.495. The monoisotopic (exact) mass is 382 g/mol. The lowest BCUT2D eigenvalue weighted by Crippen LogP contribution is -2.36. The maximum atomic E-state index is 13.1. The number of phenols is 1. The number of hydrogen-bond acceptors (Lipinski definition) is 7. The van der Waals surface area contributed by atoms with Gasteiger partial charge in [0.15, 0.2) is 23.4 Å². The van der Waals surface area contributed by atoms with E-state index in [0.29, 0.717) is 5.39 Å². The highest BCUT2D eigenvalue weighted by molar-refractivity contribution is 6.31. The molecule has 0 saturated heterocycles. The number of hydrogen-bond donors (Lipinski definition) is 2. The molecule has 0 saturated carbocycles. The summed E-state index contributed by atoms with van der Waals surface area (Å²) >= 11 is 0. The summed E-state index contributed by atoms with van der Waals surface area (Å²) in [5, 5.41) is 20.4. The number of fused-ring (bicyclic) bond motifs is 2. The molecular weight excluding hydrogens is 368 g/mol. The number of carbonyl (C=O) groups is 4. The summed E-state index contributed by atoms with van der Waals surface area (Å²) in [6.07, 6.45) is -1.54. The van der Waals surface area contributed by atoms with Crippen molar-refractivity contribution in [2.45, 2.75) is 19.4 Å². The molecule has 8 nitrogen and oxygen atoms in total. The molecule has 142 valence electrons. The molecule has 1 aliphatic heterocycles. The van der Waals surface area contributed by atoms with Gasteiger partial charge in [0, 0.05) is 35.3 Å². The first-order chi connectivity index (χ1) is 13.3. The average Bonchev–Trinajstić information content (AvgIpc) is 2.67. The molecule has 0 spiro atoms. The minimum absolute atomic E-state index is 0.00416. The summed E-state index contributed by atoms with van der Waals surface area (Å²) in [6.45, 7) is 0.804. The van der Waals surface area contributed by atoms with E-state index in [1.165, 1.54) is 6.07 Å². The van der Waals surface area contributed by atoms with Gasteiger partial charge in [0.25, 0.3) is 0 Å². The molecule has 2 aromatic carbocycles. The summed E-state index contributed by atoms with van der Waals surface area (Å²) < 4.78 is 10.4. The zero-order chi connectivity index (χ0) is 20.2. The molecule has 2 aromatic rings. The third-order valence-corrected chi connectivity index (χ3v) is 4.85. The Kier molecular flexibility index (Phi) is 4.01. The number of carboxylic acid groups (broad SMARTS) is 1. The number of ketones is 2. The number of aliphatic carboxylic acids is 1. The van der Waals surface area contributed by atoms with Crippen LogP contribution in [0, 0.1) is 0 Å². The second kappa shape index (κ2) is 6.28. The second-order valence-electron chi connectivity index (χ2n) is 6.52. The molecule has 1 unspecified atom stereocenters. The van der Waals surface area contributed by atoms with Crippen molar-refractivity contribution in [3.05, 3.63) is 46.5 Å². The predicted molar refractivity (Wildman–Crippen MR) is 94.6 cm³/mol. The van der Waals surface area contributed by atoms with Crippen molar-refractivity contribution in [1.82, 2.24) is 0 Å². The van der Waals surface area contributed by atoms with Crippen LogP contribution in [0.5, 0.6) is 11.5 Å². The summed E-state index contributed by atoms with van der Waals surface area (Å²) in [7, 11) is 0. The fourth-order valence-corrected chi connectivity index (χ4v) is 3.61. The van der Waals surface area contributed by atoms with Gasteiger partial charge in [-0.05, 0) is 0 Å². The van der Waals surface area contributed by atoms with Crippen LogP contribution in [0.2, 0.25) is 0 Å². The number of Topliss-reactive ketones (excluding diaryl/α,β-unsaturated/α-hetero) is 2. The Hall–Kier alpha value is -3.52. The molecule has 0 bridgehead atoms. The zero-order valence-electron chi connectivity index (χ0n) is 14.6. The quantitative estimate of drug-likeness (QED) is 0.596. The van der Waals surface area contributed by atoms with Gasteiger partial charge < -0.3 is 19.7 Å². The largest absolute Gasteiger partial charge is 0.506 e. The lowest BCUT2D eigenvalue weighted by molar-refractivity contribution is -0.150. The minimum atomic E-state index is -1.26. The van der Waals surface area contributed by atoms with Crippen molar-refractivity contribution >= 4 is 34.3 Å². The molecule has 8 heteroatoms. The molecule has 0 radical (unpaired) electrons. The standard InChI is InChI=1S/C20H14O8/c1-8(21)28-19-10-5-3-2-4-9(10)16(22)14-15(19)18(24)12-7-27-13(20(25)26)6-11(12)17(14)23/h2-5,13,22H,6-7H2,1H3,(H,25,26). The van der Waals surface area contributed by atoms with Gasteiger partial charge in [0.05, 0.1) is 17.7 Å². The van der Waals surface area contributed by atoms with Crippen molar-refractivity contribution in [2.24, 2.45) is 0 Å². The van der Waals surface area contributed by atoms with Gasteiger partial charge in [-0.15, -0.1) is 0 Å². The average molecular weight is 382 g/mol. The first-order valence-corrected chi connectivity index (χ1v) is 8.43. The highest BCUT2D eigenvalue weighted by Crippen LogP contribution is 2.46. The molecule has 0 amide bonds. The van der Waals surface area contributed by atoms with Crippen LogP contribution in [-0.2, 0) is 14.3 Å². The molecule has 2 N–H and O–H groups in total. The summed E-state index contributed by atoms with van der Waals surface area (Å²) in [6, 6.07) is 6.36. The normalized spacial score (nSPS) is 18.7. The van der Waals surface area contributed by atoms with E-state index >= 15 is 0 Å². The maximum absolute atomic E-state index is 13.1. The van der Waals surface area contributed by atoms with E-state index in [9.17, 15) is 24.3 Å². The lowest BCUT2D eigenvalue weighted by atomic mass is 9.79. The van der Waals surface area contributed by atoms with E-state index in [-0.39, 0.29) is 46.4 Å². The number of benzene rings is 2. The van der Waals surface area contributed by atoms with Crippen molar-refractivity contribution in [3.8, 4) is 11.5 Å². The third-order valence-electron chi connectivity index (χ3n) is 4.85. The molecule has 1 atom stereocenters. The van der Waals surface area contributed by atoms with E-state index < -0.39 is 35.4 Å². The number of carboxylic acids is 1. The highest BCUT2D eigenvalue weighted by Gasteiger charge is 2.42. The molecule has 1 heterocycles. The first-order valence-electron chi connectivity index (χ1n) is 8.43. The Morgan fingerprint density at radius 1 is 1.07 bits per heavy atom. The van der Waals surface area contributed by atoms with Gasteiger partial charge in [-0.3, -0.25) is 14.4 Å². The first kappa shape index (κ1) is 17.9. The number of aromatic hydroxyl groups is 1. The minimum Gasteiger partial charge on any atom is -0.506 e. The SMILES string of the molecule is CC(=O)Oc1c2c(c(O)c3ccccc13)C(=O)C1=C(COC(C(=O)O)C1)C2=O. The summed E-state index contributed by atoms with van der Waals surface area (Å²) in [4.78, 5) is 49.1. The highest BCUT2D eigenvalue weighted by atomic mass is 16.5. The van der Waals surface area contributed by atoms with Crippen LogP contribution in [0.25, 0.3) is 10.8 Å². The zero-order valence-corrected chi connectivity index (χ0v) is 14.6. The Labute approximate surface area is 158 Å². The molecule has 1 aliphatic carbocycles. The van der Waals surface area contributed by atoms with Crippen LogP contribution in [0.3, 0.4) is 0 Å². The summed E-state index contributed by atoms with van der Waals surface area (Å²) in [5.74, 6) is -3.77. The topological polar surface area (TPSA) is 127 Å². The van der Waals surface area contributed by atoms with E-state index in [1.54, 1.807) is 18.2 Å². The van der Waals surface area contributed by atoms with Crippen LogP contribution >= 0.6 is 0 Å². The molecular formula is C20H14O8. The van der Waals surface area contributed by atoms with Crippen LogP contribution in [0.15, 0.2) is 35.4 Å². The van der Waals surface area contributed by atoms with E-state index in [0.717, 1.165) is 6.92 Å². The van der Waals surface area contributed by atoms with Gasteiger partial charge >= 0.3 is 11.9 Å². The van der Waals surface area contributed by atoms with Gasteiger partial charge in [-0.1, -0.05) is 24.3 Å². The Morgan fingerprint density at radius 3 is 2.36 bits per heavy atom. The van der Waals surface area contributed by atoms with E-state index in [1.807, 2.05) is 0 Å². The molecule has 0 aromatic heterocycles. The van der Waals surface area contributed by atoms with Gasteiger partial charge in [-0.2, -0.15) is 0 Å². The van der Waals surface area contributed by atoms with Crippen LogP contribution in [0.4, 0.5) is 0 Å². The number of ether oxygens (including phenoxy) is 2. The van der Waals surface area contributed by atoms with E-state index in [4.69, 9.17) is 14.6 Å². The number of rotatable bonds is 2. The number of carbonyl (C=O) groups excluding carboxylic acids is 3. The van der Waals surface area contributed by atoms with Crippen LogP contribution < -0.4 is 4.74 Å².